The van der Waals surface area contributed by atoms with Gasteiger partial charge in [0.25, 0.3) is 0 Å². The van der Waals surface area contributed by atoms with Gasteiger partial charge in [0.15, 0.2) is 0 Å². The van der Waals surface area contributed by atoms with Crippen molar-refractivity contribution in [2.45, 2.75) is 95.8 Å². The summed E-state index contributed by atoms with van der Waals surface area (Å²) in [7, 11) is 0. The molecule has 10 aromatic carbocycles. The molecule has 0 spiro atoms. The van der Waals surface area contributed by atoms with Crippen molar-refractivity contribution in [3.05, 3.63) is 292 Å². The Labute approximate surface area is 456 Å². The molecule has 0 saturated carbocycles. The molecule has 0 bridgehead atoms. The van der Waals surface area contributed by atoms with E-state index in [1.54, 1.807) is 5.56 Å². The van der Waals surface area contributed by atoms with E-state index in [1.165, 1.54) is 102 Å². The molecular formula is C75H67NO. The zero-order valence-electron chi connectivity index (χ0n) is 45.4. The minimum Gasteiger partial charge on any atom is -0.457 e. The van der Waals surface area contributed by atoms with Gasteiger partial charge >= 0.3 is 0 Å². The molecule has 2 nitrogen and oxygen atoms in total. The molecule has 0 aliphatic heterocycles. The van der Waals surface area contributed by atoms with Crippen LogP contribution in [0.4, 0.5) is 17.1 Å². The quantitative estimate of drug-likeness (QED) is 0.108. The molecule has 0 heterocycles. The summed E-state index contributed by atoms with van der Waals surface area (Å²) in [5.41, 5.74) is 25.1. The number of benzene rings is 10. The molecule has 13 rings (SSSR count). The first-order chi connectivity index (χ1) is 37.6. The maximum Gasteiger partial charge on any atom is 0.127 e. The van der Waals surface area contributed by atoms with Gasteiger partial charge < -0.3 is 9.64 Å². The van der Waals surface area contributed by atoms with Crippen LogP contribution in [-0.4, -0.2) is 0 Å². The third kappa shape index (κ3) is 8.32. The summed E-state index contributed by atoms with van der Waals surface area (Å²) in [6.07, 6.45) is 4.74. The molecule has 3 atom stereocenters. The number of nitrogens with zero attached hydrogens (tertiary/aromatic N) is 1. The van der Waals surface area contributed by atoms with Crippen LogP contribution in [-0.2, 0) is 23.7 Å². The molecule has 0 fully saturated rings. The molecular weight excluding hydrogens is 931 g/mol. The molecule has 2 heteroatoms. The number of aryl methyl sites for hydroxylation is 2. The van der Waals surface area contributed by atoms with Gasteiger partial charge in [-0.1, -0.05) is 211 Å². The number of rotatable bonds is 14. The van der Waals surface area contributed by atoms with Crippen molar-refractivity contribution in [2.24, 2.45) is 0 Å². The summed E-state index contributed by atoms with van der Waals surface area (Å²) in [5.74, 6) is 3.07. The number of anilines is 3. The summed E-state index contributed by atoms with van der Waals surface area (Å²) in [4.78, 5) is 2.47. The zero-order valence-corrected chi connectivity index (χ0v) is 45.4. The lowest BCUT2D eigenvalue weighted by atomic mass is 9.67. The molecule has 0 radical (unpaired) electrons. The maximum atomic E-state index is 6.70. The van der Waals surface area contributed by atoms with Crippen molar-refractivity contribution in [1.29, 1.82) is 0 Å². The van der Waals surface area contributed by atoms with E-state index in [0.717, 1.165) is 41.4 Å². The average molecular weight is 998 g/mol. The first kappa shape index (κ1) is 48.4. The molecule has 0 saturated heterocycles. The van der Waals surface area contributed by atoms with E-state index in [1.807, 2.05) is 0 Å². The average Bonchev–Trinajstić information content (AvgIpc) is 4.12. The first-order valence-corrected chi connectivity index (χ1v) is 28.1. The maximum absolute atomic E-state index is 6.70. The van der Waals surface area contributed by atoms with Crippen LogP contribution in [0.5, 0.6) is 11.5 Å². The van der Waals surface area contributed by atoms with Crippen LogP contribution in [0.25, 0.3) is 33.4 Å². The van der Waals surface area contributed by atoms with E-state index in [2.05, 4.69) is 277 Å². The van der Waals surface area contributed by atoms with Crippen LogP contribution in [0.3, 0.4) is 0 Å². The highest BCUT2D eigenvalue weighted by molar-refractivity contribution is 5.91. The summed E-state index contributed by atoms with van der Waals surface area (Å²) < 4.78 is 6.70. The second-order valence-corrected chi connectivity index (χ2v) is 22.9. The third-order valence-electron chi connectivity index (χ3n) is 17.8. The van der Waals surface area contributed by atoms with Gasteiger partial charge in [0.2, 0.25) is 0 Å². The van der Waals surface area contributed by atoms with Crippen molar-refractivity contribution in [3.8, 4) is 44.9 Å². The fourth-order valence-electron chi connectivity index (χ4n) is 13.4. The number of ether oxygens (including phenoxy) is 1. The van der Waals surface area contributed by atoms with Gasteiger partial charge in [-0.3, -0.25) is 0 Å². The van der Waals surface area contributed by atoms with Crippen LogP contribution >= 0.6 is 0 Å². The Morgan fingerprint density at radius 2 is 0.935 bits per heavy atom. The minimum atomic E-state index is -0.630. The van der Waals surface area contributed by atoms with Gasteiger partial charge in [-0.15, -0.1) is 0 Å². The second kappa shape index (κ2) is 19.4. The molecule has 3 aliphatic rings. The van der Waals surface area contributed by atoms with Crippen molar-refractivity contribution < 1.29 is 4.74 Å². The van der Waals surface area contributed by atoms with Crippen molar-refractivity contribution >= 4 is 17.1 Å². The first-order valence-electron chi connectivity index (χ1n) is 28.1. The highest BCUT2D eigenvalue weighted by Gasteiger charge is 2.47. The molecule has 77 heavy (non-hydrogen) atoms. The summed E-state index contributed by atoms with van der Waals surface area (Å²) in [5, 5.41) is 0. The summed E-state index contributed by atoms with van der Waals surface area (Å²) in [6, 6.07) is 86.6. The largest absolute Gasteiger partial charge is 0.457 e. The molecule has 0 amide bonds. The fourth-order valence-corrected chi connectivity index (χ4v) is 13.4. The fraction of sp³-hybridized carbons (Fsp3) is 0.200. The molecule has 0 N–H and O–H groups in total. The Bertz CT molecular complexity index is 3790. The predicted molar refractivity (Wildman–Crippen MR) is 322 cm³/mol. The van der Waals surface area contributed by atoms with E-state index < -0.39 is 5.41 Å². The van der Waals surface area contributed by atoms with E-state index in [0.29, 0.717) is 17.8 Å². The van der Waals surface area contributed by atoms with Crippen LogP contribution in [0.1, 0.15) is 133 Å². The van der Waals surface area contributed by atoms with Gasteiger partial charge in [-0.05, 0) is 199 Å². The van der Waals surface area contributed by atoms with Gasteiger partial charge in [-0.25, -0.2) is 0 Å². The third-order valence-corrected chi connectivity index (χ3v) is 17.8. The number of hydrogen-bond donors (Lipinski definition) is 0. The van der Waals surface area contributed by atoms with Gasteiger partial charge in [0.1, 0.15) is 11.5 Å². The van der Waals surface area contributed by atoms with Crippen LogP contribution in [0.15, 0.2) is 231 Å². The second-order valence-electron chi connectivity index (χ2n) is 22.9. The Morgan fingerprint density at radius 1 is 0.429 bits per heavy atom. The van der Waals surface area contributed by atoms with Gasteiger partial charge in [-0.2, -0.15) is 0 Å². The normalized spacial score (nSPS) is 16.1. The lowest BCUT2D eigenvalue weighted by Gasteiger charge is -2.35. The molecule has 0 aromatic heterocycles. The highest BCUT2D eigenvalue weighted by atomic mass is 16.5. The molecule has 3 unspecified atom stereocenters. The van der Waals surface area contributed by atoms with Gasteiger partial charge in [0, 0.05) is 22.5 Å². The Balaban J connectivity index is 0.893. The predicted octanol–water partition coefficient (Wildman–Crippen LogP) is 20.2. The van der Waals surface area contributed by atoms with Crippen molar-refractivity contribution in [1.82, 2.24) is 0 Å². The van der Waals surface area contributed by atoms with Crippen LogP contribution in [0, 0.1) is 0 Å². The number of hydrogen-bond acceptors (Lipinski definition) is 2. The molecule has 378 valence electrons. The molecule has 10 aromatic rings. The zero-order chi connectivity index (χ0) is 52.4. The summed E-state index contributed by atoms with van der Waals surface area (Å²) >= 11 is 0. The Kier molecular flexibility index (Phi) is 12.2. The van der Waals surface area contributed by atoms with E-state index in [9.17, 15) is 0 Å². The Hall–Kier alpha value is -8.20. The standard InChI is InChI=1S/C75H67NO/c1-7-51(57-23-21-56-22-24-58(56)46-57)45-50(4)53-29-39-64(40-30-53)77-65-41-33-60(34-42-65)75(59-31-25-52(26-32-59)49(2)3)71-20-14-12-18-67(71)69-44-38-63(48-73(69)75)76(61-35-27-55(28-36-61)54-15-9-8-10-16-54)62-37-43-68-66-17-11-13-19-70(66)74(5,6)72(68)47-62/h8-21,23,25-44,46-51H,7,22,24,45H2,1-6H3. The SMILES string of the molecule is CCC(CC(C)c1ccc(Oc2ccc(C3(c4ccc(C(C)C)cc4)c4ccccc4-c4ccc(N(c5ccc(-c6ccccc6)cc5)c5ccc6c(c5)C(C)(C)c5ccccc5-6)cc43)cc2)cc1)c1ccc2c(c1)CC2. The summed E-state index contributed by atoms with van der Waals surface area (Å²) in [6.45, 7) is 14.0. The molecule has 3 aliphatic carbocycles. The smallest absolute Gasteiger partial charge is 0.127 e. The monoisotopic (exact) mass is 998 g/mol. The van der Waals surface area contributed by atoms with Crippen molar-refractivity contribution in [3.63, 3.8) is 0 Å². The van der Waals surface area contributed by atoms with Crippen molar-refractivity contribution in [2.75, 3.05) is 4.90 Å². The highest BCUT2D eigenvalue weighted by Crippen LogP contribution is 2.58. The van der Waals surface area contributed by atoms with Gasteiger partial charge in [0.05, 0.1) is 5.41 Å². The number of fused-ring (bicyclic) bond motifs is 7. The lowest BCUT2D eigenvalue weighted by molar-refractivity contribution is 0.481. The van der Waals surface area contributed by atoms with E-state index >= 15 is 0 Å². The van der Waals surface area contributed by atoms with E-state index in [-0.39, 0.29) is 5.41 Å². The van der Waals surface area contributed by atoms with Crippen LogP contribution < -0.4 is 9.64 Å². The topological polar surface area (TPSA) is 12.5 Å². The van der Waals surface area contributed by atoms with E-state index in [4.69, 9.17) is 4.74 Å². The lowest BCUT2D eigenvalue weighted by Crippen LogP contribution is -2.29. The minimum absolute atomic E-state index is 0.152. The van der Waals surface area contributed by atoms with Crippen LogP contribution in [0.2, 0.25) is 0 Å². The Morgan fingerprint density at radius 3 is 1.56 bits per heavy atom.